The van der Waals surface area contributed by atoms with E-state index < -0.39 is 0 Å². The Morgan fingerprint density at radius 3 is 0.829 bits per heavy atom. The summed E-state index contributed by atoms with van der Waals surface area (Å²) in [4.78, 5) is 0. The van der Waals surface area contributed by atoms with Gasteiger partial charge in [0.25, 0.3) is 0 Å². The molecule has 3 aromatic rings. The first-order valence-electron chi connectivity index (χ1n) is 17.2. The van der Waals surface area contributed by atoms with Crippen molar-refractivity contribution in [2.75, 3.05) is 6.16 Å². The van der Waals surface area contributed by atoms with Gasteiger partial charge < -0.3 is 0 Å². The molecule has 0 bridgehead atoms. The van der Waals surface area contributed by atoms with E-state index in [9.17, 15) is 0 Å². The predicted octanol–water partition coefficient (Wildman–Crippen LogP) is 12.7. The van der Waals surface area contributed by atoms with E-state index in [-0.39, 0.29) is 5.41 Å². The molecular formula is C40H59P. The molecule has 0 nitrogen and oxygen atoms in total. The number of unbranched alkanes of at least 4 members (excludes halogenated alkanes) is 18. The standard InChI is InChI=1S/C40H59P/c41-36-28-17-15-13-11-9-7-5-3-1-2-4-6-8-10-12-14-16-27-35-40(37-29-21-18-22-30-37,38-31-23-19-24-32-38)39-33-25-20-26-34-39/h18-26,29-34H,1-17,27-28,35-36,41H2. The molecule has 1 atom stereocenters. The molecule has 3 rings (SSSR count). The first kappa shape index (κ1) is 33.6. The summed E-state index contributed by atoms with van der Waals surface area (Å²) in [6.07, 6.45) is 29.5. The molecule has 41 heavy (non-hydrogen) atoms. The van der Waals surface area contributed by atoms with Crippen molar-refractivity contribution in [3.8, 4) is 0 Å². The molecule has 1 unspecified atom stereocenters. The molecule has 0 aliphatic heterocycles. The zero-order valence-electron chi connectivity index (χ0n) is 26.1. The zero-order valence-corrected chi connectivity index (χ0v) is 27.2. The summed E-state index contributed by atoms with van der Waals surface area (Å²) in [5.41, 5.74) is 4.15. The maximum atomic E-state index is 2.85. The summed E-state index contributed by atoms with van der Waals surface area (Å²) in [6.45, 7) is 0. The van der Waals surface area contributed by atoms with Crippen LogP contribution in [0.5, 0.6) is 0 Å². The Morgan fingerprint density at radius 2 is 0.561 bits per heavy atom. The van der Waals surface area contributed by atoms with Crippen LogP contribution in [0, 0.1) is 0 Å². The number of hydrogen-bond donors (Lipinski definition) is 0. The summed E-state index contributed by atoms with van der Waals surface area (Å²) in [7, 11) is 2.85. The van der Waals surface area contributed by atoms with Gasteiger partial charge in [0.2, 0.25) is 0 Å². The summed E-state index contributed by atoms with van der Waals surface area (Å²) in [6, 6.07) is 33.6. The van der Waals surface area contributed by atoms with Crippen molar-refractivity contribution < 1.29 is 0 Å². The van der Waals surface area contributed by atoms with Crippen molar-refractivity contribution in [2.45, 2.75) is 134 Å². The Balaban J connectivity index is 1.29. The fourth-order valence-electron chi connectivity index (χ4n) is 6.64. The van der Waals surface area contributed by atoms with Gasteiger partial charge in [-0.15, -0.1) is 9.24 Å². The molecule has 224 valence electrons. The highest BCUT2D eigenvalue weighted by atomic mass is 31.0. The molecule has 0 saturated heterocycles. The van der Waals surface area contributed by atoms with Crippen LogP contribution in [0.4, 0.5) is 0 Å². The average Bonchev–Trinajstić information content (AvgIpc) is 3.03. The fourth-order valence-corrected chi connectivity index (χ4v) is 6.93. The van der Waals surface area contributed by atoms with E-state index in [1.165, 1.54) is 145 Å². The van der Waals surface area contributed by atoms with Crippen LogP contribution in [0.2, 0.25) is 0 Å². The normalized spacial score (nSPS) is 11.6. The van der Waals surface area contributed by atoms with Gasteiger partial charge in [-0.3, -0.25) is 0 Å². The van der Waals surface area contributed by atoms with Crippen molar-refractivity contribution in [3.63, 3.8) is 0 Å². The smallest absolute Gasteiger partial charge is 0.0451 e. The van der Waals surface area contributed by atoms with Gasteiger partial charge in [-0.25, -0.2) is 0 Å². The van der Waals surface area contributed by atoms with Gasteiger partial charge in [0.15, 0.2) is 0 Å². The molecule has 0 aliphatic rings. The lowest BCUT2D eigenvalue weighted by atomic mass is 9.66. The van der Waals surface area contributed by atoms with Crippen LogP contribution < -0.4 is 0 Å². The largest absolute Gasteiger partial charge is 0.138 e. The average molecular weight is 571 g/mol. The van der Waals surface area contributed by atoms with Gasteiger partial charge in [-0.05, 0) is 35.7 Å². The Morgan fingerprint density at radius 1 is 0.317 bits per heavy atom. The molecule has 1 heteroatoms. The van der Waals surface area contributed by atoms with Crippen LogP contribution in [0.15, 0.2) is 91.0 Å². The first-order valence-corrected chi connectivity index (χ1v) is 18.1. The van der Waals surface area contributed by atoms with Crippen LogP contribution in [-0.4, -0.2) is 6.16 Å². The third-order valence-corrected chi connectivity index (χ3v) is 9.46. The molecule has 0 heterocycles. The molecule has 3 aromatic carbocycles. The Labute approximate surface area is 256 Å². The molecule has 0 N–H and O–H groups in total. The van der Waals surface area contributed by atoms with E-state index >= 15 is 0 Å². The van der Waals surface area contributed by atoms with Crippen LogP contribution in [-0.2, 0) is 5.41 Å². The lowest BCUT2D eigenvalue weighted by molar-refractivity contribution is 0.490. The van der Waals surface area contributed by atoms with Gasteiger partial charge in [0.05, 0.1) is 0 Å². The molecular weight excluding hydrogens is 511 g/mol. The molecule has 0 aromatic heterocycles. The van der Waals surface area contributed by atoms with Crippen LogP contribution in [0.1, 0.15) is 145 Å². The van der Waals surface area contributed by atoms with Crippen LogP contribution in [0.25, 0.3) is 0 Å². The molecule has 0 radical (unpaired) electrons. The minimum atomic E-state index is -0.0859. The lowest BCUT2D eigenvalue weighted by Crippen LogP contribution is -2.29. The molecule has 0 aliphatic carbocycles. The lowest BCUT2D eigenvalue weighted by Gasteiger charge is -2.36. The minimum Gasteiger partial charge on any atom is -0.138 e. The van der Waals surface area contributed by atoms with E-state index in [4.69, 9.17) is 0 Å². The Bertz CT molecular complexity index is 884. The van der Waals surface area contributed by atoms with E-state index in [2.05, 4.69) is 100 Å². The van der Waals surface area contributed by atoms with E-state index in [0.717, 1.165) is 6.42 Å². The van der Waals surface area contributed by atoms with Gasteiger partial charge in [0.1, 0.15) is 0 Å². The molecule has 0 spiro atoms. The SMILES string of the molecule is PCCCCCCCCCCCCCCCCCCCCCC(c1ccccc1)(c1ccccc1)c1ccccc1. The highest BCUT2D eigenvalue weighted by molar-refractivity contribution is 7.16. The second-order valence-electron chi connectivity index (χ2n) is 12.3. The molecule has 0 amide bonds. The third kappa shape index (κ3) is 12.5. The van der Waals surface area contributed by atoms with Crippen LogP contribution in [0.3, 0.4) is 0 Å². The first-order chi connectivity index (χ1) is 20.4. The van der Waals surface area contributed by atoms with Crippen molar-refractivity contribution in [1.29, 1.82) is 0 Å². The van der Waals surface area contributed by atoms with Crippen molar-refractivity contribution in [2.24, 2.45) is 0 Å². The van der Waals surface area contributed by atoms with Crippen molar-refractivity contribution in [3.05, 3.63) is 108 Å². The van der Waals surface area contributed by atoms with E-state index in [1.807, 2.05) is 0 Å². The predicted molar refractivity (Wildman–Crippen MR) is 186 cm³/mol. The van der Waals surface area contributed by atoms with Gasteiger partial charge >= 0.3 is 0 Å². The third-order valence-electron chi connectivity index (χ3n) is 9.06. The van der Waals surface area contributed by atoms with Gasteiger partial charge in [-0.1, -0.05) is 207 Å². The van der Waals surface area contributed by atoms with Crippen molar-refractivity contribution in [1.82, 2.24) is 0 Å². The zero-order chi connectivity index (χ0) is 28.7. The van der Waals surface area contributed by atoms with E-state index in [1.54, 1.807) is 0 Å². The highest BCUT2D eigenvalue weighted by Gasteiger charge is 2.35. The van der Waals surface area contributed by atoms with Gasteiger partial charge in [-0.2, -0.15) is 0 Å². The molecule has 0 fully saturated rings. The Kier molecular flexibility index (Phi) is 17.8. The van der Waals surface area contributed by atoms with Crippen LogP contribution >= 0.6 is 9.24 Å². The second kappa shape index (κ2) is 21.7. The summed E-state index contributed by atoms with van der Waals surface area (Å²) in [5, 5.41) is 0. The number of hydrogen-bond acceptors (Lipinski definition) is 0. The van der Waals surface area contributed by atoms with Gasteiger partial charge in [0, 0.05) is 5.41 Å². The van der Waals surface area contributed by atoms with Crippen molar-refractivity contribution >= 4 is 9.24 Å². The summed E-state index contributed by atoms with van der Waals surface area (Å²) in [5.74, 6) is 0. The summed E-state index contributed by atoms with van der Waals surface area (Å²) >= 11 is 0. The highest BCUT2D eigenvalue weighted by Crippen LogP contribution is 2.43. The fraction of sp³-hybridized carbons (Fsp3) is 0.550. The number of benzene rings is 3. The maximum absolute atomic E-state index is 2.85. The second-order valence-corrected chi connectivity index (χ2v) is 12.8. The number of rotatable bonds is 24. The summed E-state index contributed by atoms with van der Waals surface area (Å²) < 4.78 is 0. The quantitative estimate of drug-likeness (QED) is 0.0571. The topological polar surface area (TPSA) is 0 Å². The maximum Gasteiger partial charge on any atom is 0.0451 e. The van der Waals surface area contributed by atoms with E-state index in [0.29, 0.717) is 0 Å². The molecule has 0 saturated carbocycles. The monoisotopic (exact) mass is 570 g/mol. The minimum absolute atomic E-state index is 0.0859. The Hall–Kier alpha value is -1.91.